The second kappa shape index (κ2) is 14.3. The predicted molar refractivity (Wildman–Crippen MR) is 194 cm³/mol. The Morgan fingerprint density at radius 2 is 1.76 bits per heavy atom. The molecule has 0 unspecified atom stereocenters. The number of rotatable bonds is 12. The zero-order valence-electron chi connectivity index (χ0n) is 29.1. The summed E-state index contributed by atoms with van der Waals surface area (Å²) in [6, 6.07) is 23.3. The van der Waals surface area contributed by atoms with Crippen LogP contribution < -0.4 is 24.8 Å². The maximum atomic E-state index is 14.2. The molecule has 12 heteroatoms. The maximum Gasteiger partial charge on any atom is 0.264 e. The lowest BCUT2D eigenvalue weighted by atomic mass is 9.83. The van der Waals surface area contributed by atoms with Crippen molar-refractivity contribution in [2.45, 2.75) is 56.8 Å². The van der Waals surface area contributed by atoms with E-state index in [2.05, 4.69) is 32.7 Å². The highest BCUT2D eigenvalue weighted by Gasteiger charge is 2.54. The highest BCUT2D eigenvalue weighted by atomic mass is 16.5. The fourth-order valence-corrected chi connectivity index (χ4v) is 7.66. The number of nitrogens with one attached hydrogen (secondary N) is 1. The molecule has 3 aliphatic heterocycles. The van der Waals surface area contributed by atoms with E-state index in [1.54, 1.807) is 28.8 Å². The van der Waals surface area contributed by atoms with Gasteiger partial charge >= 0.3 is 0 Å². The van der Waals surface area contributed by atoms with E-state index >= 15 is 0 Å². The van der Waals surface area contributed by atoms with Crippen molar-refractivity contribution < 1.29 is 24.5 Å². The summed E-state index contributed by atoms with van der Waals surface area (Å²) in [6.07, 6.45) is 8.17. The van der Waals surface area contributed by atoms with Gasteiger partial charge < -0.3 is 30.1 Å². The van der Waals surface area contributed by atoms with Crippen LogP contribution in [0.2, 0.25) is 0 Å². The molecule has 1 spiro atoms. The molecule has 2 saturated heterocycles. The van der Waals surface area contributed by atoms with Gasteiger partial charge in [0.25, 0.3) is 11.8 Å². The third-order valence-corrected chi connectivity index (χ3v) is 10.6. The molecule has 4 heterocycles. The molecule has 0 aliphatic carbocycles. The molecular weight excluding hydrogens is 646 g/mol. The standard InChI is InChI=1S/C39H45N7O5/c1-28(8-6-7-22-43-26-30(17-23-47)41-42-43)39(50)34-24-33(51-2)15-16-35(34)44(37(39)49)25-29-11-13-31(14-12-29)45-27-46(32-9-4-3-5-10-32)38(36(45)48)18-20-40-21-19-38/h3-6,8-16,24,26,28,40,47,50H,7,17-23,25,27H2,1-2H3/b8-6+/t28-,39+/m0/s1. The van der Waals surface area contributed by atoms with E-state index in [0.717, 1.165) is 48.6 Å². The van der Waals surface area contributed by atoms with Crippen molar-refractivity contribution >= 4 is 28.9 Å². The van der Waals surface area contributed by atoms with Gasteiger partial charge in [-0.15, -0.1) is 5.10 Å². The Morgan fingerprint density at radius 1 is 1.00 bits per heavy atom. The predicted octanol–water partition coefficient (Wildman–Crippen LogP) is 3.77. The van der Waals surface area contributed by atoms with Crippen LogP contribution in [0.1, 0.15) is 43.0 Å². The first-order valence-corrected chi connectivity index (χ1v) is 17.6. The van der Waals surface area contributed by atoms with E-state index in [4.69, 9.17) is 9.84 Å². The van der Waals surface area contributed by atoms with Crippen LogP contribution in [-0.4, -0.2) is 76.0 Å². The van der Waals surface area contributed by atoms with Crippen LogP contribution in [-0.2, 0) is 34.7 Å². The maximum absolute atomic E-state index is 14.2. The van der Waals surface area contributed by atoms with Crippen LogP contribution in [0.15, 0.2) is 91.1 Å². The lowest BCUT2D eigenvalue weighted by Gasteiger charge is -2.39. The number of hydrogen-bond donors (Lipinski definition) is 3. The van der Waals surface area contributed by atoms with Crippen molar-refractivity contribution in [1.82, 2.24) is 20.3 Å². The zero-order valence-corrected chi connectivity index (χ0v) is 29.1. The number of ether oxygens (including phenoxy) is 1. The number of nitrogens with zero attached hydrogens (tertiary/aromatic N) is 6. The number of carbonyl (C=O) groups is 2. The van der Waals surface area contributed by atoms with Crippen molar-refractivity contribution in [3.8, 4) is 5.75 Å². The van der Waals surface area contributed by atoms with Crippen LogP contribution in [0.3, 0.4) is 0 Å². The lowest BCUT2D eigenvalue weighted by molar-refractivity contribution is -0.139. The Balaban J connectivity index is 1.09. The number of hydrogen-bond acceptors (Lipinski definition) is 9. The molecule has 12 nitrogen and oxygen atoms in total. The van der Waals surface area contributed by atoms with Gasteiger partial charge in [-0.2, -0.15) is 0 Å². The summed E-state index contributed by atoms with van der Waals surface area (Å²) in [5.74, 6) is -0.283. The smallest absolute Gasteiger partial charge is 0.264 e. The van der Waals surface area contributed by atoms with Gasteiger partial charge in [-0.3, -0.25) is 19.2 Å². The van der Waals surface area contributed by atoms with Gasteiger partial charge in [0, 0.05) is 48.6 Å². The summed E-state index contributed by atoms with van der Waals surface area (Å²) in [6.45, 7) is 4.72. The Bertz CT molecular complexity index is 1890. The average molecular weight is 692 g/mol. The fourth-order valence-electron chi connectivity index (χ4n) is 7.66. The van der Waals surface area contributed by atoms with Crippen LogP contribution in [0.5, 0.6) is 5.75 Å². The average Bonchev–Trinajstić information content (AvgIpc) is 3.79. The van der Waals surface area contributed by atoms with Gasteiger partial charge in [-0.05, 0) is 80.4 Å². The Labute approximate surface area is 297 Å². The van der Waals surface area contributed by atoms with Gasteiger partial charge in [0.2, 0.25) is 0 Å². The number of allylic oxidation sites excluding steroid dienone is 1. The minimum Gasteiger partial charge on any atom is -0.497 e. The molecule has 3 N–H and O–H groups in total. The van der Waals surface area contributed by atoms with Crippen LogP contribution in [0, 0.1) is 5.92 Å². The Kier molecular flexibility index (Phi) is 9.65. The van der Waals surface area contributed by atoms with E-state index in [9.17, 15) is 14.7 Å². The SMILES string of the molecule is COc1ccc2c(c1)[C@](O)([C@@H](C)/C=C/CCn1cc(CCO)nn1)C(=O)N2Cc1ccc(N2CN(c3ccccc3)C3(CCNCC3)C2=O)cc1. The van der Waals surface area contributed by atoms with E-state index < -0.39 is 23.0 Å². The van der Waals surface area contributed by atoms with Crippen LogP contribution in [0.4, 0.5) is 17.1 Å². The minimum absolute atomic E-state index is 0.0176. The number of anilines is 3. The van der Waals surface area contributed by atoms with Gasteiger partial charge in [0.1, 0.15) is 11.3 Å². The number of aromatic nitrogens is 3. The van der Waals surface area contributed by atoms with E-state index in [0.29, 0.717) is 43.1 Å². The largest absolute Gasteiger partial charge is 0.497 e. The van der Waals surface area contributed by atoms with Crippen molar-refractivity contribution in [2.75, 3.05) is 48.2 Å². The van der Waals surface area contributed by atoms with Crippen LogP contribution >= 0.6 is 0 Å². The molecule has 0 saturated carbocycles. The monoisotopic (exact) mass is 691 g/mol. The topological polar surface area (TPSA) is 136 Å². The Morgan fingerprint density at radius 3 is 2.49 bits per heavy atom. The number of amides is 2. The number of aryl methyl sites for hydroxylation is 1. The normalized spacial score (nSPS) is 20.5. The highest BCUT2D eigenvalue weighted by Crippen LogP contribution is 2.47. The van der Waals surface area contributed by atoms with Gasteiger partial charge in [-0.25, -0.2) is 0 Å². The summed E-state index contributed by atoms with van der Waals surface area (Å²) in [5, 5.41) is 32.9. The number of fused-ring (bicyclic) bond motifs is 1. The summed E-state index contributed by atoms with van der Waals surface area (Å²) in [7, 11) is 1.56. The van der Waals surface area contributed by atoms with Gasteiger partial charge in [0.15, 0.2) is 5.60 Å². The van der Waals surface area contributed by atoms with Crippen molar-refractivity contribution in [1.29, 1.82) is 0 Å². The molecule has 7 rings (SSSR count). The van der Waals surface area contributed by atoms with E-state index in [1.165, 1.54) is 0 Å². The molecule has 3 aliphatic rings. The molecule has 4 aromatic rings. The molecule has 2 amide bonds. The molecule has 1 aromatic heterocycles. The van der Waals surface area contributed by atoms with Crippen molar-refractivity contribution in [3.63, 3.8) is 0 Å². The quantitative estimate of drug-likeness (QED) is 0.190. The number of aliphatic hydroxyl groups excluding tert-OH is 1. The Hall–Kier alpha value is -5.04. The first kappa shape index (κ1) is 34.4. The number of methoxy groups -OCH3 is 1. The second-order valence-corrected chi connectivity index (χ2v) is 13.6. The molecule has 51 heavy (non-hydrogen) atoms. The molecule has 266 valence electrons. The summed E-state index contributed by atoms with van der Waals surface area (Å²) >= 11 is 0. The number of para-hydroxylation sites is 1. The minimum atomic E-state index is -1.80. The van der Waals surface area contributed by atoms with Gasteiger partial charge in [-0.1, -0.05) is 54.6 Å². The third-order valence-electron chi connectivity index (χ3n) is 10.6. The molecular formula is C39H45N7O5. The third kappa shape index (κ3) is 6.28. The lowest BCUT2D eigenvalue weighted by Crippen LogP contribution is -2.55. The molecule has 3 aromatic carbocycles. The number of carbonyl (C=O) groups excluding carboxylic acids is 2. The van der Waals surface area contributed by atoms with Crippen molar-refractivity contribution in [3.05, 3.63) is 108 Å². The van der Waals surface area contributed by atoms with Gasteiger partial charge in [0.05, 0.1) is 31.7 Å². The molecule has 0 bridgehead atoms. The number of aliphatic hydroxyl groups is 2. The highest BCUT2D eigenvalue weighted by molar-refractivity contribution is 6.08. The summed E-state index contributed by atoms with van der Waals surface area (Å²) in [4.78, 5) is 34.1. The zero-order chi connectivity index (χ0) is 35.6. The number of benzene rings is 3. The van der Waals surface area contributed by atoms with E-state index in [-0.39, 0.29) is 19.1 Å². The first-order chi connectivity index (χ1) is 24.8. The molecule has 0 radical (unpaired) electrons. The summed E-state index contributed by atoms with van der Waals surface area (Å²) < 4.78 is 7.20. The fraction of sp³-hybridized carbons (Fsp3) is 0.385. The number of piperidine rings is 1. The first-order valence-electron chi connectivity index (χ1n) is 17.6. The van der Waals surface area contributed by atoms with Crippen LogP contribution in [0.25, 0.3) is 0 Å². The van der Waals surface area contributed by atoms with E-state index in [1.807, 2.05) is 78.7 Å². The molecule has 2 atom stereocenters. The second-order valence-electron chi connectivity index (χ2n) is 13.6. The summed E-state index contributed by atoms with van der Waals surface area (Å²) in [5.41, 5.74) is 2.19. The molecule has 2 fully saturated rings. The van der Waals surface area contributed by atoms with Crippen molar-refractivity contribution in [2.24, 2.45) is 5.92 Å².